The van der Waals surface area contributed by atoms with E-state index in [1.165, 1.54) is 6.20 Å². The molecule has 1 aliphatic carbocycles. The molecule has 1 aliphatic rings. The Morgan fingerprint density at radius 1 is 1.30 bits per heavy atom. The van der Waals surface area contributed by atoms with Crippen molar-refractivity contribution in [3.05, 3.63) is 63.1 Å². The molecule has 0 fully saturated rings. The van der Waals surface area contributed by atoms with Gasteiger partial charge in [-0.15, -0.1) is 11.3 Å². The summed E-state index contributed by atoms with van der Waals surface area (Å²) in [5.74, 6) is -0.197. The molecule has 0 saturated heterocycles. The third-order valence-electron chi connectivity index (χ3n) is 4.72. The minimum absolute atomic E-state index is 0.0263. The van der Waals surface area contributed by atoms with Crippen LogP contribution in [0.25, 0.3) is 10.2 Å². The fourth-order valence-electron chi connectivity index (χ4n) is 3.27. The molecule has 3 N–H and O–H groups in total. The molecule has 4 nitrogen and oxygen atoms in total. The van der Waals surface area contributed by atoms with Crippen LogP contribution in [0.1, 0.15) is 29.2 Å². The van der Waals surface area contributed by atoms with Gasteiger partial charge in [-0.05, 0) is 18.9 Å². The summed E-state index contributed by atoms with van der Waals surface area (Å²) in [6, 6.07) is 3.40. The van der Waals surface area contributed by atoms with Crippen LogP contribution in [0, 0.1) is 5.82 Å². The lowest BCUT2D eigenvalue weighted by atomic mass is 9.88. The zero-order valence-corrected chi connectivity index (χ0v) is 16.6. The molecule has 3 aromatic rings. The molecular weight excluding hydrogens is 406 g/mol. The topological polar surface area (TPSA) is 63.8 Å². The molecule has 27 heavy (non-hydrogen) atoms. The van der Waals surface area contributed by atoms with Crippen molar-refractivity contribution in [2.24, 2.45) is 5.73 Å². The third-order valence-corrected chi connectivity index (χ3v) is 6.75. The van der Waals surface area contributed by atoms with Crippen LogP contribution >= 0.6 is 34.5 Å². The summed E-state index contributed by atoms with van der Waals surface area (Å²) >= 11 is 14.4. The average Bonchev–Trinajstić information content (AvgIpc) is 2.98. The average molecular weight is 423 g/mol. The van der Waals surface area contributed by atoms with Gasteiger partial charge in [0, 0.05) is 41.2 Å². The minimum Gasteiger partial charge on any atom is -0.380 e. The van der Waals surface area contributed by atoms with E-state index in [9.17, 15) is 4.39 Å². The van der Waals surface area contributed by atoms with Crippen molar-refractivity contribution >= 4 is 50.4 Å². The van der Waals surface area contributed by atoms with Crippen molar-refractivity contribution in [1.82, 2.24) is 9.97 Å². The Morgan fingerprint density at radius 2 is 2.11 bits per heavy atom. The van der Waals surface area contributed by atoms with Gasteiger partial charge in [0.2, 0.25) is 0 Å². The summed E-state index contributed by atoms with van der Waals surface area (Å²) in [6.07, 6.45) is 8.69. The molecule has 0 radical (unpaired) electrons. The summed E-state index contributed by atoms with van der Waals surface area (Å²) in [5.41, 5.74) is 8.26. The Balaban J connectivity index is 1.72. The lowest BCUT2D eigenvalue weighted by Gasteiger charge is -2.24. The fraction of sp³-hybridized carbons (Fsp3) is 0.263. The molecule has 0 amide bonds. The van der Waals surface area contributed by atoms with E-state index in [0.717, 1.165) is 28.1 Å². The predicted molar refractivity (Wildman–Crippen MR) is 110 cm³/mol. The minimum atomic E-state index is -0.355. The van der Waals surface area contributed by atoms with Gasteiger partial charge in [-0.3, -0.25) is 4.98 Å². The Labute approximate surface area is 170 Å². The predicted octanol–water partition coefficient (Wildman–Crippen LogP) is 5.51. The van der Waals surface area contributed by atoms with Gasteiger partial charge >= 0.3 is 0 Å². The van der Waals surface area contributed by atoms with Gasteiger partial charge in [0.15, 0.2) is 0 Å². The molecule has 3 aromatic heterocycles. The number of anilines is 1. The first-order chi connectivity index (χ1) is 13.0. The Morgan fingerprint density at radius 3 is 2.89 bits per heavy atom. The fourth-order valence-corrected chi connectivity index (χ4v) is 5.23. The number of allylic oxidation sites excluding steroid dienone is 1. The number of fused-ring (bicyclic) bond motifs is 1. The summed E-state index contributed by atoms with van der Waals surface area (Å²) in [4.78, 5) is 9.21. The van der Waals surface area contributed by atoms with Crippen LogP contribution in [0.4, 0.5) is 10.1 Å². The molecule has 0 bridgehead atoms. The molecule has 4 rings (SSSR count). The number of nitrogens with one attached hydrogen (secondary N) is 1. The van der Waals surface area contributed by atoms with E-state index in [1.54, 1.807) is 29.7 Å². The van der Waals surface area contributed by atoms with Crippen molar-refractivity contribution in [1.29, 1.82) is 0 Å². The molecule has 0 saturated carbocycles. The van der Waals surface area contributed by atoms with Crippen LogP contribution < -0.4 is 11.1 Å². The first-order valence-electron chi connectivity index (χ1n) is 8.56. The lowest BCUT2D eigenvalue weighted by molar-refractivity contribution is 0.528. The van der Waals surface area contributed by atoms with Gasteiger partial charge in [0.25, 0.3) is 0 Å². The number of hydrogen-bond donors (Lipinski definition) is 2. The zero-order valence-electron chi connectivity index (χ0n) is 14.3. The van der Waals surface area contributed by atoms with Crippen molar-refractivity contribution in [3.63, 3.8) is 0 Å². The van der Waals surface area contributed by atoms with E-state index in [4.69, 9.17) is 28.9 Å². The first-order valence-corrected chi connectivity index (χ1v) is 10.1. The Kier molecular flexibility index (Phi) is 5.32. The van der Waals surface area contributed by atoms with Crippen molar-refractivity contribution in [2.75, 3.05) is 5.32 Å². The summed E-state index contributed by atoms with van der Waals surface area (Å²) in [7, 11) is 0. The highest BCUT2D eigenvalue weighted by Gasteiger charge is 2.27. The molecular formula is C19H17Cl2FN4S. The number of hydrogen-bond acceptors (Lipinski definition) is 5. The summed E-state index contributed by atoms with van der Waals surface area (Å²) in [5, 5.41) is 4.19. The maximum atomic E-state index is 13.9. The third kappa shape index (κ3) is 3.67. The van der Waals surface area contributed by atoms with Crippen LogP contribution in [0.3, 0.4) is 0 Å². The Bertz CT molecular complexity index is 1020. The maximum Gasteiger partial charge on any atom is 0.146 e. The van der Waals surface area contributed by atoms with E-state index in [2.05, 4.69) is 27.4 Å². The van der Waals surface area contributed by atoms with Crippen LogP contribution in [0.5, 0.6) is 0 Å². The van der Waals surface area contributed by atoms with E-state index in [0.29, 0.717) is 27.8 Å². The number of thiophene rings is 1. The van der Waals surface area contributed by atoms with E-state index >= 15 is 0 Å². The van der Waals surface area contributed by atoms with Gasteiger partial charge in [-0.1, -0.05) is 35.4 Å². The second-order valence-electron chi connectivity index (χ2n) is 6.48. The normalized spacial score (nSPS) is 19.6. The molecule has 0 unspecified atom stereocenters. The second kappa shape index (κ2) is 7.72. The van der Waals surface area contributed by atoms with E-state index < -0.39 is 0 Å². The van der Waals surface area contributed by atoms with Crippen molar-refractivity contribution in [2.45, 2.75) is 31.3 Å². The molecule has 0 spiro atoms. The SMILES string of the molecule is N[C@@H]1CC=CC[C@H]1c1sc2c(NCc3ccncc3F)cc(Cl)nc2c1Cl. The highest BCUT2D eigenvalue weighted by atomic mass is 35.5. The van der Waals surface area contributed by atoms with E-state index in [1.807, 2.05) is 0 Å². The van der Waals surface area contributed by atoms with Crippen LogP contribution in [0.15, 0.2) is 36.7 Å². The Hall–Kier alpha value is -1.73. The quantitative estimate of drug-likeness (QED) is 0.429. The zero-order chi connectivity index (χ0) is 19.0. The van der Waals surface area contributed by atoms with E-state index in [-0.39, 0.29) is 17.8 Å². The van der Waals surface area contributed by atoms with Crippen LogP contribution in [-0.2, 0) is 6.54 Å². The van der Waals surface area contributed by atoms with Gasteiger partial charge in [-0.2, -0.15) is 0 Å². The summed E-state index contributed by atoms with van der Waals surface area (Å²) in [6.45, 7) is 0.306. The largest absolute Gasteiger partial charge is 0.380 e. The molecule has 3 heterocycles. The number of nitrogens with two attached hydrogens (primary N) is 1. The van der Waals surface area contributed by atoms with Crippen LogP contribution in [0.2, 0.25) is 10.2 Å². The molecule has 0 aromatic carbocycles. The first kappa shape index (κ1) is 18.6. The van der Waals surface area contributed by atoms with Crippen molar-refractivity contribution in [3.8, 4) is 0 Å². The van der Waals surface area contributed by atoms with Gasteiger partial charge in [0.05, 0.1) is 21.6 Å². The summed E-state index contributed by atoms with van der Waals surface area (Å²) < 4.78 is 14.8. The smallest absolute Gasteiger partial charge is 0.146 e. The van der Waals surface area contributed by atoms with Gasteiger partial charge in [0.1, 0.15) is 16.5 Å². The van der Waals surface area contributed by atoms with Crippen molar-refractivity contribution < 1.29 is 4.39 Å². The standard InChI is InChI=1S/C19H17Cl2FN4S/c20-15-7-14(25-8-10-5-6-24-9-12(10)22)19-17(26-15)16(21)18(27-19)11-3-1-2-4-13(11)23/h1-2,5-7,9,11,13H,3-4,8,23H2,(H,25,26)/t11-,13-/m1/s1. The number of halogens is 3. The second-order valence-corrected chi connectivity index (χ2v) is 8.30. The molecule has 8 heteroatoms. The number of rotatable bonds is 4. The number of pyridine rings is 2. The maximum absolute atomic E-state index is 13.9. The van der Waals surface area contributed by atoms with Gasteiger partial charge < -0.3 is 11.1 Å². The lowest BCUT2D eigenvalue weighted by Crippen LogP contribution is -2.29. The molecule has 0 aliphatic heterocycles. The molecule has 140 valence electrons. The van der Waals surface area contributed by atoms with Crippen LogP contribution in [-0.4, -0.2) is 16.0 Å². The van der Waals surface area contributed by atoms with Gasteiger partial charge in [-0.25, -0.2) is 9.37 Å². The molecule has 2 atom stereocenters. The highest BCUT2D eigenvalue weighted by Crippen LogP contribution is 2.45. The number of nitrogens with zero attached hydrogens (tertiary/aromatic N) is 2. The number of aromatic nitrogens is 2. The highest BCUT2D eigenvalue weighted by molar-refractivity contribution is 7.20. The monoisotopic (exact) mass is 422 g/mol.